The van der Waals surface area contributed by atoms with Crippen molar-refractivity contribution in [2.24, 2.45) is 5.92 Å². The van der Waals surface area contributed by atoms with Crippen molar-refractivity contribution in [3.05, 3.63) is 0 Å². The van der Waals surface area contributed by atoms with E-state index in [9.17, 15) is 9.90 Å². The number of carboxylic acids is 1. The first-order valence-corrected chi connectivity index (χ1v) is 7.49. The minimum atomic E-state index is -0.667. The number of hydrogen-bond donors (Lipinski definition) is 1. The van der Waals surface area contributed by atoms with Gasteiger partial charge in [-0.3, -0.25) is 4.79 Å². The Morgan fingerprint density at radius 2 is 2.18 bits per heavy atom. The predicted octanol–water partition coefficient (Wildman–Crippen LogP) is 2.93. The van der Waals surface area contributed by atoms with E-state index in [-0.39, 0.29) is 16.8 Å². The molecule has 98 valence electrons. The first-order chi connectivity index (χ1) is 8.02. The summed E-state index contributed by atoms with van der Waals surface area (Å²) in [6.07, 6.45) is 5.66. The molecule has 4 heteroatoms. The standard InChI is InChI=1S/C13H22O3S/c1-9(2)11(12(14)15)17-10-4-7-16-13(8-10)5-3-6-13/h9-11H,3-8H2,1-2H3,(H,14,15). The van der Waals surface area contributed by atoms with Gasteiger partial charge >= 0.3 is 5.97 Å². The van der Waals surface area contributed by atoms with Crippen LogP contribution in [0.5, 0.6) is 0 Å². The molecule has 1 spiro atoms. The van der Waals surface area contributed by atoms with Gasteiger partial charge in [0, 0.05) is 11.9 Å². The molecule has 1 saturated carbocycles. The van der Waals surface area contributed by atoms with Crippen molar-refractivity contribution in [3.8, 4) is 0 Å². The average Bonchev–Trinajstić information content (AvgIpc) is 2.23. The fourth-order valence-corrected chi connectivity index (χ4v) is 4.20. The van der Waals surface area contributed by atoms with Gasteiger partial charge in [-0.1, -0.05) is 13.8 Å². The van der Waals surface area contributed by atoms with E-state index in [2.05, 4.69) is 0 Å². The smallest absolute Gasteiger partial charge is 0.316 e. The summed E-state index contributed by atoms with van der Waals surface area (Å²) in [7, 11) is 0. The summed E-state index contributed by atoms with van der Waals surface area (Å²) in [5, 5.41) is 9.42. The second kappa shape index (κ2) is 5.19. The zero-order valence-electron chi connectivity index (χ0n) is 10.6. The largest absolute Gasteiger partial charge is 0.480 e. The van der Waals surface area contributed by atoms with Crippen LogP contribution < -0.4 is 0 Å². The molecule has 1 heterocycles. The van der Waals surface area contributed by atoms with Crippen molar-refractivity contribution in [1.29, 1.82) is 0 Å². The van der Waals surface area contributed by atoms with Gasteiger partial charge in [0.1, 0.15) is 5.25 Å². The lowest BCUT2D eigenvalue weighted by molar-refractivity contribution is -0.137. The van der Waals surface area contributed by atoms with Crippen LogP contribution >= 0.6 is 11.8 Å². The normalized spacial score (nSPS) is 29.0. The lowest BCUT2D eigenvalue weighted by atomic mass is 9.75. The molecule has 0 aromatic rings. The van der Waals surface area contributed by atoms with E-state index in [1.54, 1.807) is 11.8 Å². The van der Waals surface area contributed by atoms with Crippen molar-refractivity contribution < 1.29 is 14.6 Å². The van der Waals surface area contributed by atoms with E-state index >= 15 is 0 Å². The van der Waals surface area contributed by atoms with Crippen LogP contribution in [0, 0.1) is 5.92 Å². The molecular formula is C13H22O3S. The molecule has 1 saturated heterocycles. The number of thioether (sulfide) groups is 1. The molecule has 2 aliphatic rings. The van der Waals surface area contributed by atoms with E-state index in [1.165, 1.54) is 19.3 Å². The molecule has 2 unspecified atom stereocenters. The van der Waals surface area contributed by atoms with Gasteiger partial charge < -0.3 is 9.84 Å². The van der Waals surface area contributed by atoms with E-state index in [0.29, 0.717) is 5.25 Å². The van der Waals surface area contributed by atoms with Crippen molar-refractivity contribution in [2.75, 3.05) is 6.61 Å². The fourth-order valence-electron chi connectivity index (χ4n) is 2.73. The molecular weight excluding hydrogens is 236 g/mol. The van der Waals surface area contributed by atoms with Crippen LogP contribution in [0.4, 0.5) is 0 Å². The quantitative estimate of drug-likeness (QED) is 0.842. The molecule has 3 nitrogen and oxygen atoms in total. The van der Waals surface area contributed by atoms with Crippen LogP contribution in [-0.2, 0) is 9.53 Å². The highest BCUT2D eigenvalue weighted by Crippen LogP contribution is 2.46. The van der Waals surface area contributed by atoms with E-state index in [0.717, 1.165) is 19.4 Å². The molecule has 2 fully saturated rings. The molecule has 0 radical (unpaired) electrons. The van der Waals surface area contributed by atoms with Gasteiger partial charge in [-0.15, -0.1) is 11.8 Å². The lowest BCUT2D eigenvalue weighted by Gasteiger charge is -2.47. The Labute approximate surface area is 107 Å². The first-order valence-electron chi connectivity index (χ1n) is 6.55. The summed E-state index contributed by atoms with van der Waals surface area (Å²) in [4.78, 5) is 11.2. The molecule has 0 bridgehead atoms. The monoisotopic (exact) mass is 258 g/mol. The molecule has 0 aromatic heterocycles. The van der Waals surface area contributed by atoms with Crippen molar-refractivity contribution in [2.45, 2.75) is 62.1 Å². The summed E-state index contributed by atoms with van der Waals surface area (Å²) in [5.41, 5.74) is 0.121. The Morgan fingerprint density at radius 1 is 1.47 bits per heavy atom. The van der Waals surface area contributed by atoms with Gasteiger partial charge in [-0.05, 0) is 38.0 Å². The van der Waals surface area contributed by atoms with Gasteiger partial charge in [-0.25, -0.2) is 0 Å². The van der Waals surface area contributed by atoms with Crippen LogP contribution in [0.2, 0.25) is 0 Å². The third kappa shape index (κ3) is 2.97. The number of ether oxygens (including phenoxy) is 1. The van der Waals surface area contributed by atoms with Crippen LogP contribution in [0.1, 0.15) is 46.0 Å². The van der Waals surface area contributed by atoms with Gasteiger partial charge in [0.15, 0.2) is 0 Å². The van der Waals surface area contributed by atoms with Gasteiger partial charge in [0.05, 0.1) is 5.60 Å². The molecule has 1 aliphatic heterocycles. The second-order valence-corrected chi connectivity index (χ2v) is 7.09. The van der Waals surface area contributed by atoms with Gasteiger partial charge in [0.25, 0.3) is 0 Å². The highest BCUT2D eigenvalue weighted by molar-refractivity contribution is 8.01. The van der Waals surface area contributed by atoms with Crippen LogP contribution in [0.3, 0.4) is 0 Å². The Morgan fingerprint density at radius 3 is 2.65 bits per heavy atom. The van der Waals surface area contributed by atoms with Crippen LogP contribution in [0.15, 0.2) is 0 Å². The second-order valence-electron chi connectivity index (χ2n) is 5.64. The summed E-state index contributed by atoms with van der Waals surface area (Å²) in [6, 6.07) is 0. The van der Waals surface area contributed by atoms with Crippen LogP contribution in [0.25, 0.3) is 0 Å². The van der Waals surface area contributed by atoms with Crippen molar-refractivity contribution in [1.82, 2.24) is 0 Å². The third-order valence-corrected chi connectivity index (χ3v) is 5.73. The van der Waals surface area contributed by atoms with E-state index in [1.807, 2.05) is 13.8 Å². The Bertz CT molecular complexity index is 286. The Kier molecular flexibility index (Phi) is 4.03. The molecule has 0 aromatic carbocycles. The fraction of sp³-hybridized carbons (Fsp3) is 0.923. The lowest BCUT2D eigenvalue weighted by Crippen LogP contribution is -2.47. The predicted molar refractivity (Wildman–Crippen MR) is 69.4 cm³/mol. The van der Waals surface area contributed by atoms with Gasteiger partial charge in [-0.2, -0.15) is 0 Å². The maximum absolute atomic E-state index is 11.2. The summed E-state index contributed by atoms with van der Waals surface area (Å²) >= 11 is 1.65. The van der Waals surface area contributed by atoms with E-state index < -0.39 is 5.97 Å². The number of carbonyl (C=O) groups is 1. The number of rotatable bonds is 4. The van der Waals surface area contributed by atoms with Crippen LogP contribution in [-0.4, -0.2) is 33.8 Å². The topological polar surface area (TPSA) is 46.5 Å². The molecule has 2 atom stereocenters. The first kappa shape index (κ1) is 13.2. The molecule has 1 N–H and O–H groups in total. The highest BCUT2D eigenvalue weighted by Gasteiger charge is 2.43. The molecule has 17 heavy (non-hydrogen) atoms. The SMILES string of the molecule is CC(C)C(SC1CCOC2(CCC2)C1)C(=O)O. The zero-order chi connectivity index (χ0) is 12.5. The summed E-state index contributed by atoms with van der Waals surface area (Å²) < 4.78 is 5.87. The molecule has 2 rings (SSSR count). The molecule has 0 amide bonds. The average molecular weight is 258 g/mol. The van der Waals surface area contributed by atoms with Crippen molar-refractivity contribution >= 4 is 17.7 Å². The molecule has 1 aliphatic carbocycles. The summed E-state index contributed by atoms with van der Waals surface area (Å²) in [5.74, 6) is -0.475. The third-order valence-electron chi connectivity index (χ3n) is 3.90. The maximum Gasteiger partial charge on any atom is 0.316 e. The van der Waals surface area contributed by atoms with Gasteiger partial charge in [0.2, 0.25) is 0 Å². The Balaban J connectivity index is 1.91. The maximum atomic E-state index is 11.2. The minimum absolute atomic E-state index is 0.121. The Hall–Kier alpha value is -0.220. The zero-order valence-corrected chi connectivity index (χ0v) is 11.5. The number of aliphatic carboxylic acids is 1. The van der Waals surface area contributed by atoms with Crippen molar-refractivity contribution in [3.63, 3.8) is 0 Å². The number of hydrogen-bond acceptors (Lipinski definition) is 3. The highest BCUT2D eigenvalue weighted by atomic mass is 32.2. The van der Waals surface area contributed by atoms with E-state index in [4.69, 9.17) is 4.74 Å². The number of carboxylic acid groups (broad SMARTS) is 1. The minimum Gasteiger partial charge on any atom is -0.480 e. The summed E-state index contributed by atoms with van der Waals surface area (Å²) in [6.45, 7) is 4.79.